The molecule has 3 rings (SSSR count). The Morgan fingerprint density at radius 2 is 2.12 bits per heavy atom. The lowest BCUT2D eigenvalue weighted by Crippen LogP contribution is -1.95. The van der Waals surface area contributed by atoms with Gasteiger partial charge in [-0.3, -0.25) is 4.40 Å². The molecule has 0 spiro atoms. The van der Waals surface area contributed by atoms with E-state index in [1.807, 2.05) is 28.8 Å². The molecule has 17 heavy (non-hydrogen) atoms. The van der Waals surface area contributed by atoms with Crippen LogP contribution in [0.1, 0.15) is 0 Å². The SMILES string of the molecule is COc1ccnc(-c2cnc3ccccn23)n1. The van der Waals surface area contributed by atoms with E-state index in [4.69, 9.17) is 4.74 Å². The topological polar surface area (TPSA) is 52.3 Å². The predicted molar refractivity (Wildman–Crippen MR) is 62.8 cm³/mol. The molecule has 0 aliphatic rings. The average molecular weight is 226 g/mol. The highest BCUT2D eigenvalue weighted by atomic mass is 16.5. The van der Waals surface area contributed by atoms with Crippen LogP contribution in [0.5, 0.6) is 5.88 Å². The minimum Gasteiger partial charge on any atom is -0.481 e. The Morgan fingerprint density at radius 3 is 3.00 bits per heavy atom. The van der Waals surface area contributed by atoms with Crippen molar-refractivity contribution in [2.24, 2.45) is 0 Å². The molecule has 5 heteroatoms. The van der Waals surface area contributed by atoms with Crippen molar-refractivity contribution in [3.05, 3.63) is 42.9 Å². The Morgan fingerprint density at radius 1 is 1.18 bits per heavy atom. The van der Waals surface area contributed by atoms with Gasteiger partial charge in [0.25, 0.3) is 0 Å². The van der Waals surface area contributed by atoms with Crippen LogP contribution in [0, 0.1) is 0 Å². The number of nitrogens with zero attached hydrogens (tertiary/aromatic N) is 4. The summed E-state index contributed by atoms with van der Waals surface area (Å²) in [6, 6.07) is 7.54. The molecule has 0 aliphatic carbocycles. The van der Waals surface area contributed by atoms with Gasteiger partial charge in [-0.1, -0.05) is 6.07 Å². The first kappa shape index (κ1) is 9.77. The number of methoxy groups -OCH3 is 1. The van der Waals surface area contributed by atoms with Crippen LogP contribution in [0.2, 0.25) is 0 Å². The van der Waals surface area contributed by atoms with E-state index in [9.17, 15) is 0 Å². The highest BCUT2D eigenvalue weighted by Gasteiger charge is 2.08. The molecule has 3 aromatic heterocycles. The summed E-state index contributed by atoms with van der Waals surface area (Å²) in [5.74, 6) is 1.14. The van der Waals surface area contributed by atoms with Gasteiger partial charge in [0, 0.05) is 18.5 Å². The fourth-order valence-electron chi connectivity index (χ4n) is 1.68. The van der Waals surface area contributed by atoms with Gasteiger partial charge in [0.2, 0.25) is 5.88 Å². The molecule has 5 nitrogen and oxygen atoms in total. The number of aromatic nitrogens is 4. The summed E-state index contributed by atoms with van der Waals surface area (Å²) >= 11 is 0. The highest BCUT2D eigenvalue weighted by molar-refractivity contribution is 5.56. The van der Waals surface area contributed by atoms with Crippen molar-refractivity contribution in [2.75, 3.05) is 7.11 Å². The third-order valence-electron chi connectivity index (χ3n) is 2.49. The number of hydrogen-bond donors (Lipinski definition) is 0. The standard InChI is InChI=1S/C12H10N4O/c1-17-11-5-6-13-12(15-11)9-8-14-10-4-2-3-7-16(9)10/h2-8H,1H3. The summed E-state index contributed by atoms with van der Waals surface area (Å²) in [6.45, 7) is 0. The van der Waals surface area contributed by atoms with Gasteiger partial charge < -0.3 is 4.74 Å². The Balaban J connectivity index is 2.20. The van der Waals surface area contributed by atoms with Gasteiger partial charge >= 0.3 is 0 Å². The third-order valence-corrected chi connectivity index (χ3v) is 2.49. The van der Waals surface area contributed by atoms with Crippen molar-refractivity contribution >= 4 is 5.65 Å². The molecular formula is C12H10N4O. The predicted octanol–water partition coefficient (Wildman–Crippen LogP) is 1.80. The van der Waals surface area contributed by atoms with Crippen molar-refractivity contribution in [2.45, 2.75) is 0 Å². The number of pyridine rings is 1. The van der Waals surface area contributed by atoms with Crippen molar-refractivity contribution in [3.63, 3.8) is 0 Å². The molecule has 0 N–H and O–H groups in total. The molecule has 0 saturated carbocycles. The van der Waals surface area contributed by atoms with Crippen molar-refractivity contribution < 1.29 is 4.74 Å². The van der Waals surface area contributed by atoms with Gasteiger partial charge in [-0.25, -0.2) is 9.97 Å². The molecule has 84 valence electrons. The van der Waals surface area contributed by atoms with Crippen LogP contribution in [0.25, 0.3) is 17.2 Å². The zero-order valence-electron chi connectivity index (χ0n) is 9.24. The first-order valence-electron chi connectivity index (χ1n) is 5.18. The van der Waals surface area contributed by atoms with E-state index in [2.05, 4.69) is 15.0 Å². The highest BCUT2D eigenvalue weighted by Crippen LogP contribution is 2.18. The van der Waals surface area contributed by atoms with E-state index in [-0.39, 0.29) is 0 Å². The molecule has 0 saturated heterocycles. The van der Waals surface area contributed by atoms with E-state index < -0.39 is 0 Å². The first-order valence-corrected chi connectivity index (χ1v) is 5.18. The van der Waals surface area contributed by atoms with E-state index in [0.29, 0.717) is 11.7 Å². The fraction of sp³-hybridized carbons (Fsp3) is 0.0833. The quantitative estimate of drug-likeness (QED) is 0.668. The summed E-state index contributed by atoms with van der Waals surface area (Å²) in [6.07, 6.45) is 5.36. The van der Waals surface area contributed by atoms with Crippen LogP contribution in [0.3, 0.4) is 0 Å². The number of imidazole rings is 1. The Hall–Kier alpha value is -2.43. The monoisotopic (exact) mass is 226 g/mol. The normalized spacial score (nSPS) is 10.6. The zero-order chi connectivity index (χ0) is 11.7. The van der Waals surface area contributed by atoms with Crippen molar-refractivity contribution in [1.82, 2.24) is 19.4 Å². The maximum atomic E-state index is 5.08. The summed E-state index contributed by atoms with van der Waals surface area (Å²) in [5.41, 5.74) is 1.72. The molecule has 0 aliphatic heterocycles. The lowest BCUT2D eigenvalue weighted by Gasteiger charge is -2.02. The van der Waals surface area contributed by atoms with E-state index >= 15 is 0 Å². The van der Waals surface area contributed by atoms with Crippen LogP contribution in [-0.4, -0.2) is 26.5 Å². The number of hydrogen-bond acceptors (Lipinski definition) is 4. The van der Waals surface area contributed by atoms with Gasteiger partial charge in [0.15, 0.2) is 5.82 Å². The first-order chi connectivity index (χ1) is 8.38. The zero-order valence-corrected chi connectivity index (χ0v) is 9.24. The second-order valence-electron chi connectivity index (χ2n) is 3.49. The minimum atomic E-state index is 0.542. The lowest BCUT2D eigenvalue weighted by atomic mass is 10.4. The molecule has 3 aromatic rings. The largest absolute Gasteiger partial charge is 0.481 e. The Kier molecular flexibility index (Phi) is 2.22. The second kappa shape index (κ2) is 3.86. The van der Waals surface area contributed by atoms with Crippen LogP contribution in [0.4, 0.5) is 0 Å². The summed E-state index contributed by atoms with van der Waals surface area (Å²) in [4.78, 5) is 12.8. The van der Waals surface area contributed by atoms with E-state index in [1.54, 1.807) is 25.6 Å². The number of rotatable bonds is 2. The molecule has 0 aromatic carbocycles. The van der Waals surface area contributed by atoms with Gasteiger partial charge in [-0.2, -0.15) is 4.98 Å². The van der Waals surface area contributed by atoms with E-state index in [1.165, 1.54) is 0 Å². The maximum absolute atomic E-state index is 5.08. The van der Waals surface area contributed by atoms with Crippen molar-refractivity contribution in [1.29, 1.82) is 0 Å². The fourth-order valence-corrected chi connectivity index (χ4v) is 1.68. The van der Waals surface area contributed by atoms with Gasteiger partial charge in [-0.15, -0.1) is 0 Å². The summed E-state index contributed by atoms with van der Waals surface area (Å²) < 4.78 is 7.02. The molecule has 0 fully saturated rings. The van der Waals surface area contributed by atoms with Crippen LogP contribution < -0.4 is 4.74 Å². The smallest absolute Gasteiger partial charge is 0.216 e. The molecule has 0 atom stereocenters. The Bertz CT molecular complexity index is 662. The third kappa shape index (κ3) is 1.61. The van der Waals surface area contributed by atoms with E-state index in [0.717, 1.165) is 11.3 Å². The van der Waals surface area contributed by atoms with Crippen LogP contribution in [0.15, 0.2) is 42.9 Å². The maximum Gasteiger partial charge on any atom is 0.216 e. The minimum absolute atomic E-state index is 0.542. The average Bonchev–Trinajstić information content (AvgIpc) is 2.82. The van der Waals surface area contributed by atoms with Gasteiger partial charge in [0.1, 0.15) is 11.3 Å². The molecule has 0 bridgehead atoms. The van der Waals surface area contributed by atoms with Crippen LogP contribution >= 0.6 is 0 Å². The Labute approximate surface area is 97.7 Å². The molecule has 3 heterocycles. The summed E-state index contributed by atoms with van der Waals surface area (Å²) in [7, 11) is 1.58. The molecule has 0 radical (unpaired) electrons. The lowest BCUT2D eigenvalue weighted by molar-refractivity contribution is 0.397. The van der Waals surface area contributed by atoms with Gasteiger partial charge in [-0.05, 0) is 12.1 Å². The number of ether oxygens (including phenoxy) is 1. The molecule has 0 unspecified atom stereocenters. The number of fused-ring (bicyclic) bond motifs is 1. The van der Waals surface area contributed by atoms with Crippen LogP contribution in [-0.2, 0) is 0 Å². The molecule has 0 amide bonds. The summed E-state index contributed by atoms with van der Waals surface area (Å²) in [5, 5.41) is 0. The van der Waals surface area contributed by atoms with Crippen molar-refractivity contribution in [3.8, 4) is 17.4 Å². The van der Waals surface area contributed by atoms with Gasteiger partial charge in [0.05, 0.1) is 13.3 Å². The second-order valence-corrected chi connectivity index (χ2v) is 3.49. The molecular weight excluding hydrogens is 216 g/mol.